The van der Waals surface area contributed by atoms with E-state index in [0.717, 1.165) is 0 Å². The molecule has 0 spiro atoms. The van der Waals surface area contributed by atoms with Gasteiger partial charge in [-0.3, -0.25) is 14.9 Å². The summed E-state index contributed by atoms with van der Waals surface area (Å²) in [7, 11) is 0. The molecule has 8 heteroatoms. The van der Waals surface area contributed by atoms with E-state index in [2.05, 4.69) is 4.98 Å². The molecular formula is C11H14N4O4. The van der Waals surface area contributed by atoms with Crippen molar-refractivity contribution in [3.05, 3.63) is 27.9 Å². The SMILES string of the molecule is Cc1ccc([N+](=O)[O-])c(N2CCC(N)(C(=O)O)C2)n1. The van der Waals surface area contributed by atoms with Gasteiger partial charge in [0.05, 0.1) is 4.92 Å². The molecule has 102 valence electrons. The van der Waals surface area contributed by atoms with Gasteiger partial charge in [-0.2, -0.15) is 0 Å². The Hall–Kier alpha value is -2.22. The van der Waals surface area contributed by atoms with E-state index in [1.807, 2.05) is 0 Å². The molecule has 2 rings (SSSR count). The number of nitrogens with two attached hydrogens (primary N) is 1. The molecule has 1 aliphatic heterocycles. The normalized spacial score (nSPS) is 22.5. The lowest BCUT2D eigenvalue weighted by Crippen LogP contribution is -2.50. The molecule has 8 nitrogen and oxygen atoms in total. The summed E-state index contributed by atoms with van der Waals surface area (Å²) in [6.45, 7) is 2.07. The topological polar surface area (TPSA) is 123 Å². The highest BCUT2D eigenvalue weighted by Gasteiger charge is 2.43. The van der Waals surface area contributed by atoms with Crippen LogP contribution in [0.4, 0.5) is 11.5 Å². The van der Waals surface area contributed by atoms with E-state index in [0.29, 0.717) is 12.2 Å². The van der Waals surface area contributed by atoms with Gasteiger partial charge in [0.15, 0.2) is 0 Å². The summed E-state index contributed by atoms with van der Waals surface area (Å²) >= 11 is 0. The summed E-state index contributed by atoms with van der Waals surface area (Å²) in [5, 5.41) is 20.0. The van der Waals surface area contributed by atoms with Crippen LogP contribution < -0.4 is 10.6 Å². The average Bonchev–Trinajstić information content (AvgIpc) is 2.73. The number of nitro groups is 1. The van der Waals surface area contributed by atoms with Crippen LogP contribution in [-0.2, 0) is 4.79 Å². The van der Waals surface area contributed by atoms with Crippen LogP contribution >= 0.6 is 0 Å². The Kier molecular flexibility index (Phi) is 3.11. The van der Waals surface area contributed by atoms with Crippen LogP contribution in [0.25, 0.3) is 0 Å². The standard InChI is InChI=1S/C11H14N4O4/c1-7-2-3-8(15(18)19)9(13-7)14-5-4-11(12,6-14)10(16)17/h2-3H,4-6,12H2,1H3,(H,16,17). The number of hydrogen-bond acceptors (Lipinski definition) is 6. The summed E-state index contributed by atoms with van der Waals surface area (Å²) in [4.78, 5) is 27.2. The van der Waals surface area contributed by atoms with Crippen molar-refractivity contribution in [2.24, 2.45) is 5.73 Å². The van der Waals surface area contributed by atoms with E-state index in [1.165, 1.54) is 6.07 Å². The van der Waals surface area contributed by atoms with Gasteiger partial charge < -0.3 is 15.7 Å². The number of hydrogen-bond donors (Lipinski definition) is 2. The smallest absolute Gasteiger partial charge is 0.325 e. The number of aliphatic carboxylic acids is 1. The Morgan fingerprint density at radius 2 is 2.32 bits per heavy atom. The minimum absolute atomic E-state index is 0.0135. The van der Waals surface area contributed by atoms with Crippen molar-refractivity contribution in [2.75, 3.05) is 18.0 Å². The summed E-state index contributed by atoms with van der Waals surface area (Å²) in [5.74, 6) is -0.927. The van der Waals surface area contributed by atoms with E-state index in [9.17, 15) is 14.9 Å². The molecule has 0 saturated carbocycles. The highest BCUT2D eigenvalue weighted by molar-refractivity contribution is 5.81. The van der Waals surface area contributed by atoms with Crippen molar-refractivity contribution in [2.45, 2.75) is 18.9 Å². The van der Waals surface area contributed by atoms with Crippen molar-refractivity contribution < 1.29 is 14.8 Å². The maximum Gasteiger partial charge on any atom is 0.325 e. The van der Waals surface area contributed by atoms with Crippen LogP contribution in [-0.4, -0.2) is 39.6 Å². The average molecular weight is 266 g/mol. The molecule has 19 heavy (non-hydrogen) atoms. The van der Waals surface area contributed by atoms with Crippen molar-refractivity contribution >= 4 is 17.5 Å². The van der Waals surface area contributed by atoms with Crippen molar-refractivity contribution in [3.63, 3.8) is 0 Å². The lowest BCUT2D eigenvalue weighted by Gasteiger charge is -2.20. The van der Waals surface area contributed by atoms with Gasteiger partial charge in [-0.15, -0.1) is 0 Å². The second-order valence-corrected chi connectivity index (χ2v) is 4.69. The maximum absolute atomic E-state index is 11.1. The fraction of sp³-hybridized carbons (Fsp3) is 0.455. The first-order valence-corrected chi connectivity index (χ1v) is 5.73. The van der Waals surface area contributed by atoms with Crippen LogP contribution in [0.2, 0.25) is 0 Å². The van der Waals surface area contributed by atoms with E-state index >= 15 is 0 Å². The summed E-state index contributed by atoms with van der Waals surface area (Å²) in [6.07, 6.45) is 0.231. The second kappa shape index (κ2) is 4.47. The Morgan fingerprint density at radius 1 is 1.63 bits per heavy atom. The van der Waals surface area contributed by atoms with Gasteiger partial charge in [0.1, 0.15) is 5.54 Å². The zero-order valence-electron chi connectivity index (χ0n) is 10.4. The van der Waals surface area contributed by atoms with Crippen molar-refractivity contribution in [3.8, 4) is 0 Å². The largest absolute Gasteiger partial charge is 0.480 e. The highest BCUT2D eigenvalue weighted by Crippen LogP contribution is 2.31. The molecule has 1 aromatic rings. The van der Waals surface area contributed by atoms with E-state index < -0.39 is 16.4 Å². The third kappa shape index (κ3) is 2.34. The Morgan fingerprint density at radius 3 is 2.84 bits per heavy atom. The quantitative estimate of drug-likeness (QED) is 0.595. The van der Waals surface area contributed by atoms with Crippen LogP contribution in [0.1, 0.15) is 12.1 Å². The molecule has 0 aliphatic carbocycles. The fourth-order valence-electron chi connectivity index (χ4n) is 2.10. The predicted molar refractivity (Wildman–Crippen MR) is 67.0 cm³/mol. The van der Waals surface area contributed by atoms with Gasteiger partial charge in [0, 0.05) is 24.8 Å². The van der Waals surface area contributed by atoms with Crippen LogP contribution in [0.3, 0.4) is 0 Å². The number of aromatic nitrogens is 1. The Labute approximate surface area is 109 Å². The molecule has 0 radical (unpaired) electrons. The zero-order valence-corrected chi connectivity index (χ0v) is 10.4. The number of nitrogens with zero attached hydrogens (tertiary/aromatic N) is 3. The number of pyridine rings is 1. The first kappa shape index (κ1) is 13.2. The molecule has 1 fully saturated rings. The first-order chi connectivity index (χ1) is 8.83. The van der Waals surface area contributed by atoms with Gasteiger partial charge in [0.2, 0.25) is 5.82 Å². The second-order valence-electron chi connectivity index (χ2n) is 4.69. The number of anilines is 1. The van der Waals surface area contributed by atoms with Gasteiger partial charge in [0.25, 0.3) is 0 Å². The summed E-state index contributed by atoms with van der Waals surface area (Å²) in [6, 6.07) is 2.92. The fourth-order valence-corrected chi connectivity index (χ4v) is 2.10. The van der Waals surface area contributed by atoms with Crippen molar-refractivity contribution in [1.29, 1.82) is 0 Å². The Bertz CT molecular complexity index is 547. The molecule has 2 heterocycles. The van der Waals surface area contributed by atoms with Crippen LogP contribution in [0, 0.1) is 17.0 Å². The van der Waals surface area contributed by atoms with E-state index in [1.54, 1.807) is 17.9 Å². The van der Waals surface area contributed by atoms with Crippen LogP contribution in [0.15, 0.2) is 12.1 Å². The van der Waals surface area contributed by atoms with Crippen molar-refractivity contribution in [1.82, 2.24) is 4.98 Å². The molecule has 1 atom stereocenters. The molecule has 1 unspecified atom stereocenters. The zero-order chi connectivity index (χ0) is 14.2. The van der Waals surface area contributed by atoms with Gasteiger partial charge in [-0.05, 0) is 19.4 Å². The van der Waals surface area contributed by atoms with Gasteiger partial charge >= 0.3 is 11.7 Å². The lowest BCUT2D eigenvalue weighted by atomic mass is 10.0. The highest BCUT2D eigenvalue weighted by atomic mass is 16.6. The minimum atomic E-state index is -1.38. The third-order valence-electron chi connectivity index (χ3n) is 3.22. The molecular weight excluding hydrogens is 252 g/mol. The molecule has 3 N–H and O–H groups in total. The van der Waals surface area contributed by atoms with Gasteiger partial charge in [-0.25, -0.2) is 4.98 Å². The number of rotatable bonds is 3. The summed E-state index contributed by atoms with van der Waals surface area (Å²) < 4.78 is 0. The minimum Gasteiger partial charge on any atom is -0.480 e. The molecule has 0 aromatic carbocycles. The summed E-state index contributed by atoms with van der Waals surface area (Å²) in [5.41, 5.74) is 4.87. The third-order valence-corrected chi connectivity index (χ3v) is 3.22. The predicted octanol–water partition coefficient (Wildman–Crippen LogP) is 0.290. The van der Waals surface area contributed by atoms with Crippen LogP contribution in [0.5, 0.6) is 0 Å². The maximum atomic E-state index is 11.1. The number of carboxylic acids is 1. The Balaban J connectivity index is 2.36. The van der Waals surface area contributed by atoms with E-state index in [4.69, 9.17) is 10.8 Å². The molecule has 0 amide bonds. The molecule has 1 saturated heterocycles. The molecule has 1 aromatic heterocycles. The first-order valence-electron chi connectivity index (χ1n) is 5.73. The number of aryl methyl sites for hydroxylation is 1. The number of carboxylic acid groups (broad SMARTS) is 1. The monoisotopic (exact) mass is 266 g/mol. The lowest BCUT2D eigenvalue weighted by molar-refractivity contribution is -0.384. The van der Waals surface area contributed by atoms with Gasteiger partial charge in [-0.1, -0.05) is 0 Å². The molecule has 1 aliphatic rings. The number of carbonyl (C=O) groups is 1. The van der Waals surface area contributed by atoms with E-state index in [-0.39, 0.29) is 24.5 Å². The molecule has 0 bridgehead atoms.